The number of nitrogens with two attached hydrogens (primary N) is 1. The monoisotopic (exact) mass is 226 g/mol. The van der Waals surface area contributed by atoms with Crippen LogP contribution in [0, 0.1) is 10.1 Å². The molecule has 0 aliphatic heterocycles. The SMILES string of the molecule is CCc1nn(CC(N)=O)c(CC)c1[N+](=O)[O-]. The molecule has 0 bridgehead atoms. The first-order chi connectivity index (χ1) is 7.51. The highest BCUT2D eigenvalue weighted by Crippen LogP contribution is 2.24. The first kappa shape index (κ1) is 12.2. The Morgan fingerprint density at radius 3 is 2.50 bits per heavy atom. The van der Waals surface area contributed by atoms with E-state index < -0.39 is 10.8 Å². The minimum atomic E-state index is -0.560. The summed E-state index contributed by atoms with van der Waals surface area (Å²) in [4.78, 5) is 21.2. The van der Waals surface area contributed by atoms with Crippen LogP contribution in [0.2, 0.25) is 0 Å². The summed E-state index contributed by atoms with van der Waals surface area (Å²) < 4.78 is 1.32. The summed E-state index contributed by atoms with van der Waals surface area (Å²) >= 11 is 0. The van der Waals surface area contributed by atoms with Crippen molar-refractivity contribution in [3.63, 3.8) is 0 Å². The molecule has 0 radical (unpaired) electrons. The smallest absolute Gasteiger partial charge is 0.313 e. The molecule has 1 rings (SSSR count). The van der Waals surface area contributed by atoms with Crippen LogP contribution in [0.15, 0.2) is 0 Å². The number of carbonyl (C=O) groups is 1. The highest BCUT2D eigenvalue weighted by atomic mass is 16.6. The fourth-order valence-corrected chi connectivity index (χ4v) is 1.62. The fourth-order valence-electron chi connectivity index (χ4n) is 1.62. The van der Waals surface area contributed by atoms with Crippen molar-refractivity contribution in [2.45, 2.75) is 33.2 Å². The van der Waals surface area contributed by atoms with Crippen molar-refractivity contribution in [1.82, 2.24) is 9.78 Å². The molecule has 7 nitrogen and oxygen atoms in total. The lowest BCUT2D eigenvalue weighted by molar-refractivity contribution is -0.386. The molecule has 0 spiro atoms. The summed E-state index contributed by atoms with van der Waals surface area (Å²) in [5, 5.41) is 14.9. The maximum absolute atomic E-state index is 10.9. The van der Waals surface area contributed by atoms with Gasteiger partial charge in [-0.25, -0.2) is 0 Å². The summed E-state index contributed by atoms with van der Waals surface area (Å²) in [6.07, 6.45) is 0.895. The van der Waals surface area contributed by atoms with Gasteiger partial charge >= 0.3 is 5.69 Å². The Bertz CT molecular complexity index is 425. The molecule has 1 aromatic heterocycles. The zero-order valence-electron chi connectivity index (χ0n) is 9.27. The quantitative estimate of drug-likeness (QED) is 0.579. The van der Waals surface area contributed by atoms with E-state index in [1.54, 1.807) is 13.8 Å². The molecule has 0 saturated heterocycles. The number of aryl methyl sites for hydroxylation is 1. The number of hydrogen-bond donors (Lipinski definition) is 1. The molecule has 0 saturated carbocycles. The van der Waals surface area contributed by atoms with Crippen molar-refractivity contribution < 1.29 is 9.72 Å². The van der Waals surface area contributed by atoms with Crippen LogP contribution in [0.4, 0.5) is 5.69 Å². The van der Waals surface area contributed by atoms with Crippen molar-refractivity contribution in [3.05, 3.63) is 21.5 Å². The molecule has 2 N–H and O–H groups in total. The van der Waals surface area contributed by atoms with Crippen LogP contribution in [0.25, 0.3) is 0 Å². The molecule has 88 valence electrons. The second-order valence-corrected chi connectivity index (χ2v) is 3.33. The average Bonchev–Trinajstić information content (AvgIpc) is 2.54. The van der Waals surface area contributed by atoms with Gasteiger partial charge in [0.2, 0.25) is 5.91 Å². The maximum Gasteiger partial charge on any atom is 0.313 e. The lowest BCUT2D eigenvalue weighted by Gasteiger charge is -2.00. The lowest BCUT2D eigenvalue weighted by Crippen LogP contribution is -2.21. The number of nitrogens with zero attached hydrogens (tertiary/aromatic N) is 3. The average molecular weight is 226 g/mol. The van der Waals surface area contributed by atoms with Gasteiger partial charge < -0.3 is 5.73 Å². The van der Waals surface area contributed by atoms with E-state index in [2.05, 4.69) is 5.10 Å². The third-order valence-electron chi connectivity index (χ3n) is 2.26. The Kier molecular flexibility index (Phi) is 3.60. The zero-order chi connectivity index (χ0) is 12.3. The van der Waals surface area contributed by atoms with Crippen LogP contribution in [-0.4, -0.2) is 20.6 Å². The molecule has 1 heterocycles. The molecule has 0 atom stereocenters. The van der Waals surface area contributed by atoms with Crippen molar-refractivity contribution in [2.75, 3.05) is 0 Å². The molecule has 1 amide bonds. The second-order valence-electron chi connectivity index (χ2n) is 3.33. The number of nitro groups is 1. The Hall–Kier alpha value is -1.92. The Morgan fingerprint density at radius 1 is 1.50 bits per heavy atom. The van der Waals surface area contributed by atoms with Crippen LogP contribution in [-0.2, 0) is 24.2 Å². The fraction of sp³-hybridized carbons (Fsp3) is 0.556. The van der Waals surface area contributed by atoms with Gasteiger partial charge in [-0.15, -0.1) is 0 Å². The number of primary amides is 1. The van der Waals surface area contributed by atoms with Gasteiger partial charge in [0, 0.05) is 0 Å². The number of aromatic nitrogens is 2. The largest absolute Gasteiger partial charge is 0.368 e. The Morgan fingerprint density at radius 2 is 2.12 bits per heavy atom. The summed E-state index contributed by atoms with van der Waals surface area (Å²) in [6.45, 7) is 3.44. The van der Waals surface area contributed by atoms with E-state index in [-0.39, 0.29) is 12.2 Å². The van der Waals surface area contributed by atoms with E-state index in [1.165, 1.54) is 4.68 Å². The highest BCUT2D eigenvalue weighted by molar-refractivity contribution is 5.73. The Balaban J connectivity index is 3.29. The van der Waals surface area contributed by atoms with Crippen molar-refractivity contribution >= 4 is 11.6 Å². The number of amides is 1. The summed E-state index contributed by atoms with van der Waals surface area (Å²) in [5.41, 5.74) is 5.90. The highest BCUT2D eigenvalue weighted by Gasteiger charge is 2.25. The summed E-state index contributed by atoms with van der Waals surface area (Å²) in [7, 11) is 0. The van der Waals surface area contributed by atoms with Crippen LogP contribution >= 0.6 is 0 Å². The molecule has 0 aliphatic rings. The van der Waals surface area contributed by atoms with E-state index in [9.17, 15) is 14.9 Å². The van der Waals surface area contributed by atoms with E-state index in [1.807, 2.05) is 0 Å². The van der Waals surface area contributed by atoms with Crippen molar-refractivity contribution in [2.24, 2.45) is 5.73 Å². The second kappa shape index (κ2) is 4.73. The van der Waals surface area contributed by atoms with Crippen molar-refractivity contribution in [1.29, 1.82) is 0 Å². The minimum Gasteiger partial charge on any atom is -0.368 e. The maximum atomic E-state index is 10.9. The summed E-state index contributed by atoms with van der Waals surface area (Å²) in [5.74, 6) is -0.560. The summed E-state index contributed by atoms with van der Waals surface area (Å²) in [6, 6.07) is 0. The number of hydrogen-bond acceptors (Lipinski definition) is 4. The molecule has 0 fully saturated rings. The number of rotatable bonds is 5. The molecule has 0 aromatic carbocycles. The van der Waals surface area contributed by atoms with Gasteiger partial charge in [0.15, 0.2) is 0 Å². The molecule has 7 heteroatoms. The first-order valence-electron chi connectivity index (χ1n) is 5.02. The molecular weight excluding hydrogens is 212 g/mol. The van der Waals surface area contributed by atoms with Crippen LogP contribution in [0.3, 0.4) is 0 Å². The third-order valence-corrected chi connectivity index (χ3v) is 2.26. The van der Waals surface area contributed by atoms with E-state index in [0.29, 0.717) is 24.2 Å². The predicted molar refractivity (Wildman–Crippen MR) is 56.8 cm³/mol. The predicted octanol–water partition coefficient (Wildman–Crippen LogP) is 0.401. The lowest BCUT2D eigenvalue weighted by atomic mass is 10.2. The van der Waals surface area contributed by atoms with E-state index in [0.717, 1.165) is 0 Å². The van der Waals surface area contributed by atoms with E-state index in [4.69, 9.17) is 5.73 Å². The molecule has 0 aliphatic carbocycles. The van der Waals surface area contributed by atoms with E-state index >= 15 is 0 Å². The zero-order valence-corrected chi connectivity index (χ0v) is 9.27. The third kappa shape index (κ3) is 2.18. The van der Waals surface area contributed by atoms with Crippen LogP contribution in [0.5, 0.6) is 0 Å². The van der Waals surface area contributed by atoms with Gasteiger partial charge in [-0.1, -0.05) is 13.8 Å². The number of carbonyl (C=O) groups excluding carboxylic acids is 1. The van der Waals surface area contributed by atoms with Crippen LogP contribution < -0.4 is 5.73 Å². The van der Waals surface area contributed by atoms with Crippen LogP contribution in [0.1, 0.15) is 25.2 Å². The molecule has 16 heavy (non-hydrogen) atoms. The van der Waals surface area contributed by atoms with Gasteiger partial charge in [-0.05, 0) is 12.8 Å². The topological polar surface area (TPSA) is 104 Å². The standard InChI is InChI=1S/C9H14N4O3/c1-3-6-9(13(15)16)7(4-2)12(11-6)5-8(10)14/h3-5H2,1-2H3,(H2,10,14). The first-order valence-corrected chi connectivity index (χ1v) is 5.02. The van der Waals surface area contributed by atoms with Gasteiger partial charge in [-0.2, -0.15) is 5.10 Å². The normalized spacial score (nSPS) is 10.4. The Labute approximate surface area is 92.4 Å². The van der Waals surface area contributed by atoms with Gasteiger partial charge in [0.05, 0.1) is 4.92 Å². The molecular formula is C9H14N4O3. The molecule has 1 aromatic rings. The van der Waals surface area contributed by atoms with Crippen molar-refractivity contribution in [3.8, 4) is 0 Å². The minimum absolute atomic E-state index is 0.00579. The van der Waals surface area contributed by atoms with Gasteiger partial charge in [0.25, 0.3) is 0 Å². The van der Waals surface area contributed by atoms with Gasteiger partial charge in [0.1, 0.15) is 17.9 Å². The molecule has 0 unspecified atom stereocenters. The van der Waals surface area contributed by atoms with Gasteiger partial charge in [-0.3, -0.25) is 19.6 Å².